The summed E-state index contributed by atoms with van der Waals surface area (Å²) in [6.45, 7) is 3.59. The fourth-order valence-corrected chi connectivity index (χ4v) is 2.12. The van der Waals surface area contributed by atoms with Crippen LogP contribution in [0.25, 0.3) is 11.3 Å². The van der Waals surface area contributed by atoms with Gasteiger partial charge in [-0.2, -0.15) is 0 Å². The first-order chi connectivity index (χ1) is 10.1. The molecule has 0 spiro atoms. The van der Waals surface area contributed by atoms with Gasteiger partial charge in [0.15, 0.2) is 0 Å². The first-order valence-corrected chi connectivity index (χ1v) is 7.31. The van der Waals surface area contributed by atoms with Crippen LogP contribution >= 0.6 is 11.6 Å². The summed E-state index contributed by atoms with van der Waals surface area (Å²) in [6.07, 6.45) is 2.64. The summed E-state index contributed by atoms with van der Waals surface area (Å²) < 4.78 is 0. The van der Waals surface area contributed by atoms with Gasteiger partial charge in [-0.15, -0.1) is 0 Å². The maximum Gasteiger partial charge on any atom is 0.146 e. The third-order valence-corrected chi connectivity index (χ3v) is 3.39. The number of hydrogen-bond acceptors (Lipinski definition) is 3. The van der Waals surface area contributed by atoms with Gasteiger partial charge in [0.05, 0.1) is 11.7 Å². The number of nitrogens with zero attached hydrogens (tertiary/aromatic N) is 1. The second-order valence-electron chi connectivity index (χ2n) is 4.55. The number of nitrogens with one attached hydrogen (secondary N) is 1. The van der Waals surface area contributed by atoms with Crippen LogP contribution in [0.15, 0.2) is 48.7 Å². The Labute approximate surface area is 131 Å². The van der Waals surface area contributed by atoms with E-state index in [0.717, 1.165) is 22.7 Å². The van der Waals surface area contributed by atoms with Gasteiger partial charge < -0.3 is 5.32 Å². The molecule has 1 aromatic heterocycles. The molecular formula is C17H21ClN2O. The van der Waals surface area contributed by atoms with Crippen LogP contribution in [-0.2, 0) is 4.79 Å². The van der Waals surface area contributed by atoms with Crippen LogP contribution in [-0.4, -0.2) is 23.9 Å². The van der Waals surface area contributed by atoms with Gasteiger partial charge in [-0.05, 0) is 38.6 Å². The van der Waals surface area contributed by atoms with E-state index in [2.05, 4.69) is 10.3 Å². The summed E-state index contributed by atoms with van der Waals surface area (Å²) in [6, 6.07) is 13.5. The fraction of sp³-hybridized carbons (Fsp3) is 0.294. The first kappa shape index (κ1) is 17.3. The molecule has 3 nitrogen and oxygen atoms in total. The minimum absolute atomic E-state index is 0.0648. The van der Waals surface area contributed by atoms with Crippen molar-refractivity contribution in [3.63, 3.8) is 0 Å². The number of aromatic nitrogens is 1. The van der Waals surface area contributed by atoms with Gasteiger partial charge in [0, 0.05) is 16.8 Å². The Morgan fingerprint density at radius 3 is 2.33 bits per heavy atom. The topological polar surface area (TPSA) is 42.0 Å². The van der Waals surface area contributed by atoms with Crippen LogP contribution in [0, 0.1) is 0 Å². The fourth-order valence-electron chi connectivity index (χ4n) is 1.89. The number of carbonyl (C=O) groups is 1. The Morgan fingerprint density at radius 2 is 1.90 bits per heavy atom. The predicted molar refractivity (Wildman–Crippen MR) is 88.5 cm³/mol. The summed E-state index contributed by atoms with van der Waals surface area (Å²) in [5.41, 5.74) is 1.89. The normalized spacial score (nSPS) is 11.2. The molecule has 0 fully saturated rings. The lowest BCUT2D eigenvalue weighted by molar-refractivity contribution is -0.118. The summed E-state index contributed by atoms with van der Waals surface area (Å²) in [4.78, 5) is 14.8. The van der Waals surface area contributed by atoms with E-state index in [1.807, 2.05) is 49.4 Å². The highest BCUT2D eigenvalue weighted by Gasteiger charge is 2.05. The Bertz CT molecular complexity index is 554. The largest absolute Gasteiger partial charge is 0.311 e. The van der Waals surface area contributed by atoms with E-state index in [4.69, 9.17) is 11.6 Å². The molecule has 4 heteroatoms. The highest BCUT2D eigenvalue weighted by atomic mass is 35.5. The quantitative estimate of drug-likeness (QED) is 0.929. The third kappa shape index (κ3) is 5.66. The van der Waals surface area contributed by atoms with Gasteiger partial charge in [0.2, 0.25) is 0 Å². The zero-order valence-corrected chi connectivity index (χ0v) is 13.4. The number of hydrogen-bond donors (Lipinski definition) is 1. The van der Waals surface area contributed by atoms with Crippen molar-refractivity contribution < 1.29 is 4.79 Å². The lowest BCUT2D eigenvalue weighted by Crippen LogP contribution is -2.31. The summed E-state index contributed by atoms with van der Waals surface area (Å²) in [7, 11) is 1.80. The van der Waals surface area contributed by atoms with E-state index in [1.54, 1.807) is 20.2 Å². The van der Waals surface area contributed by atoms with Crippen molar-refractivity contribution in [1.82, 2.24) is 10.3 Å². The average Bonchev–Trinajstić information content (AvgIpc) is 2.50. The Hall–Kier alpha value is -1.71. The molecule has 0 amide bonds. The third-order valence-electron chi connectivity index (χ3n) is 3.06. The monoisotopic (exact) mass is 304 g/mol. The molecule has 1 heterocycles. The molecule has 1 atom stereocenters. The number of halogens is 1. The first-order valence-electron chi connectivity index (χ1n) is 6.93. The maximum atomic E-state index is 10.5. The summed E-state index contributed by atoms with van der Waals surface area (Å²) in [5.74, 6) is 0.218. The Kier molecular flexibility index (Phi) is 7.65. The van der Waals surface area contributed by atoms with E-state index in [-0.39, 0.29) is 11.8 Å². The molecular weight excluding hydrogens is 284 g/mol. The van der Waals surface area contributed by atoms with Gasteiger partial charge >= 0.3 is 0 Å². The number of Topliss-reactive ketones (excluding diaryl/α,β-unsaturated/α-hetero) is 1. The number of carbonyl (C=O) groups excluding carboxylic acids is 1. The summed E-state index contributed by atoms with van der Waals surface area (Å²) in [5, 5.41) is 3.64. The number of ketones is 1. The lowest BCUT2D eigenvalue weighted by atomic mass is 10.1. The Balaban J connectivity index is 0.000000240. The van der Waals surface area contributed by atoms with Crippen LogP contribution in [0.5, 0.6) is 0 Å². The van der Waals surface area contributed by atoms with Crippen LogP contribution in [0.1, 0.15) is 20.3 Å². The van der Waals surface area contributed by atoms with Crippen LogP contribution in [0.3, 0.4) is 0 Å². The van der Waals surface area contributed by atoms with Crippen molar-refractivity contribution in [3.05, 3.63) is 53.7 Å². The molecule has 2 aromatic rings. The second kappa shape index (κ2) is 9.27. The molecule has 2 rings (SSSR count). The average molecular weight is 305 g/mol. The van der Waals surface area contributed by atoms with Gasteiger partial charge in [-0.1, -0.05) is 42.8 Å². The zero-order valence-electron chi connectivity index (χ0n) is 12.6. The van der Waals surface area contributed by atoms with Crippen LogP contribution in [0.2, 0.25) is 5.02 Å². The van der Waals surface area contributed by atoms with Gasteiger partial charge in [0.1, 0.15) is 5.78 Å². The molecule has 1 N–H and O–H groups in total. The highest BCUT2D eigenvalue weighted by molar-refractivity contribution is 6.33. The molecule has 1 aromatic carbocycles. The molecule has 0 radical (unpaired) electrons. The lowest BCUT2D eigenvalue weighted by Gasteiger charge is -2.07. The smallest absolute Gasteiger partial charge is 0.146 e. The van der Waals surface area contributed by atoms with Crippen molar-refractivity contribution in [3.8, 4) is 11.3 Å². The van der Waals surface area contributed by atoms with Crippen LogP contribution in [0.4, 0.5) is 0 Å². The number of benzene rings is 1. The standard InChI is InChI=1S/C11H8ClN.C6H13NO/c12-10-6-2-1-5-9(10)11-7-3-4-8-13-11;1-4-6(7-3)5(2)8/h1-8H;6-7H,4H2,1-3H3/t;6-/m.0/s1. The number of likely N-dealkylation sites (N-methyl/N-ethyl adjacent to an activating group) is 1. The van der Waals surface area contributed by atoms with Crippen LogP contribution < -0.4 is 5.32 Å². The van der Waals surface area contributed by atoms with E-state index < -0.39 is 0 Å². The molecule has 0 unspecified atom stereocenters. The molecule has 21 heavy (non-hydrogen) atoms. The molecule has 0 aliphatic carbocycles. The Morgan fingerprint density at radius 1 is 1.24 bits per heavy atom. The number of pyridine rings is 1. The molecule has 112 valence electrons. The van der Waals surface area contributed by atoms with E-state index >= 15 is 0 Å². The molecule has 0 aliphatic heterocycles. The van der Waals surface area contributed by atoms with Gasteiger partial charge in [0.25, 0.3) is 0 Å². The van der Waals surface area contributed by atoms with Crippen molar-refractivity contribution in [2.75, 3.05) is 7.05 Å². The number of rotatable bonds is 4. The maximum absolute atomic E-state index is 10.5. The van der Waals surface area contributed by atoms with E-state index in [0.29, 0.717) is 0 Å². The minimum atomic E-state index is 0.0648. The molecule has 0 saturated heterocycles. The molecule has 0 bridgehead atoms. The predicted octanol–water partition coefficient (Wildman–Crippen LogP) is 3.98. The second-order valence-corrected chi connectivity index (χ2v) is 4.96. The van der Waals surface area contributed by atoms with Gasteiger partial charge in [-0.25, -0.2) is 0 Å². The SMILES string of the molecule is CC[C@H](NC)C(C)=O.Clc1ccccc1-c1ccccn1. The van der Waals surface area contributed by atoms with E-state index in [1.165, 1.54) is 0 Å². The van der Waals surface area contributed by atoms with Gasteiger partial charge in [-0.3, -0.25) is 9.78 Å². The zero-order chi connectivity index (χ0) is 15.7. The highest BCUT2D eigenvalue weighted by Crippen LogP contribution is 2.24. The molecule has 0 aliphatic rings. The van der Waals surface area contributed by atoms with Crippen molar-refractivity contribution >= 4 is 17.4 Å². The van der Waals surface area contributed by atoms with Crippen molar-refractivity contribution in [2.45, 2.75) is 26.3 Å². The summed E-state index contributed by atoms with van der Waals surface area (Å²) >= 11 is 6.02. The van der Waals surface area contributed by atoms with Crippen molar-refractivity contribution in [1.29, 1.82) is 0 Å². The van der Waals surface area contributed by atoms with Crippen molar-refractivity contribution in [2.24, 2.45) is 0 Å². The molecule has 0 saturated carbocycles. The van der Waals surface area contributed by atoms with E-state index in [9.17, 15) is 4.79 Å². The minimum Gasteiger partial charge on any atom is -0.311 e.